The maximum Gasteiger partial charge on any atom is 0.213 e. The van der Waals surface area contributed by atoms with Crippen LogP contribution < -0.4 is 4.90 Å². The van der Waals surface area contributed by atoms with Crippen LogP contribution in [0.25, 0.3) is 0 Å². The van der Waals surface area contributed by atoms with Gasteiger partial charge in [-0.3, -0.25) is 4.79 Å². The van der Waals surface area contributed by atoms with Crippen LogP contribution >= 0.6 is 0 Å². The number of hydrogen-bond acceptors (Lipinski definition) is 2. The molecule has 3 nitrogen and oxygen atoms in total. The summed E-state index contributed by atoms with van der Waals surface area (Å²) in [5.41, 5.74) is 1.42. The number of carbonyl (C=O) groups is 1. The minimum Gasteiger partial charge on any atom is -0.470 e. The average Bonchev–Trinajstić information content (AvgIpc) is 2.34. The van der Waals surface area contributed by atoms with Crippen LogP contribution in [0.5, 0.6) is 0 Å². The summed E-state index contributed by atoms with van der Waals surface area (Å²) >= 11 is 0. The second kappa shape index (κ2) is 2.56. The molecule has 0 aliphatic heterocycles. The van der Waals surface area contributed by atoms with E-state index in [-0.39, 0.29) is 0 Å². The summed E-state index contributed by atoms with van der Waals surface area (Å²) in [4.78, 5) is 11.6. The Morgan fingerprint density at radius 2 is 2.40 bits per heavy atom. The molecule has 10 heavy (non-hydrogen) atoms. The molecule has 0 spiro atoms. The molecule has 0 saturated heterocycles. The summed E-state index contributed by atoms with van der Waals surface area (Å²) in [7, 11) is 1.65. The molecule has 0 atom stereocenters. The van der Waals surface area contributed by atoms with Crippen molar-refractivity contribution >= 4 is 12.1 Å². The average molecular weight is 138 g/mol. The highest BCUT2D eigenvalue weighted by atomic mass is 16.3. The summed E-state index contributed by atoms with van der Waals surface area (Å²) in [5, 5.41) is 0. The Hall–Kier alpha value is -1.25. The van der Waals surface area contributed by atoms with Crippen molar-refractivity contribution in [2.75, 3.05) is 11.9 Å². The maximum absolute atomic E-state index is 10.2. The third-order valence-corrected chi connectivity index (χ3v) is 1.26. The topological polar surface area (TPSA) is 33.5 Å². The third-order valence-electron chi connectivity index (χ3n) is 1.26. The highest BCUT2D eigenvalue weighted by molar-refractivity contribution is 5.75. The Morgan fingerprint density at radius 3 is 2.80 bits per heavy atom. The van der Waals surface area contributed by atoms with Crippen LogP contribution in [0.3, 0.4) is 0 Å². The van der Waals surface area contributed by atoms with E-state index in [1.165, 1.54) is 17.4 Å². The van der Waals surface area contributed by atoms with Crippen LogP contribution in [0, 0.1) is 6.92 Å². The zero-order valence-electron chi connectivity index (χ0n) is 5.70. The zero-order chi connectivity index (χ0) is 7.56. The van der Waals surface area contributed by atoms with Crippen molar-refractivity contribution in [3.05, 3.63) is 25.0 Å². The number of nitrogens with zero attached hydrogens (tertiary/aromatic N) is 1. The molecule has 0 bridgehead atoms. The molecule has 1 aromatic rings. The van der Waals surface area contributed by atoms with Crippen LogP contribution in [0.1, 0.15) is 5.56 Å². The van der Waals surface area contributed by atoms with Gasteiger partial charge in [-0.05, 0) is 6.92 Å². The van der Waals surface area contributed by atoms with Crippen LogP contribution in [0.4, 0.5) is 5.69 Å². The first kappa shape index (κ1) is 6.86. The smallest absolute Gasteiger partial charge is 0.213 e. The summed E-state index contributed by atoms with van der Waals surface area (Å²) in [6.07, 6.45) is 3.69. The van der Waals surface area contributed by atoms with Gasteiger partial charge in [-0.1, -0.05) is 0 Å². The van der Waals surface area contributed by atoms with Crippen LogP contribution in [0.15, 0.2) is 16.9 Å². The monoisotopic (exact) mass is 138 g/mol. The summed E-state index contributed by atoms with van der Waals surface area (Å²) in [6.45, 7) is 3.66. The number of furan rings is 1. The lowest BCUT2D eigenvalue weighted by molar-refractivity contribution is -0.107. The first-order chi connectivity index (χ1) is 4.75. The highest BCUT2D eigenvalue weighted by Crippen LogP contribution is 2.17. The van der Waals surface area contributed by atoms with E-state index in [2.05, 4.69) is 6.92 Å². The third kappa shape index (κ3) is 1.03. The molecule has 0 aliphatic carbocycles. The Bertz CT molecular complexity index is 229. The number of amides is 1. The molecule has 1 radical (unpaired) electrons. The molecule has 0 N–H and O–H groups in total. The van der Waals surface area contributed by atoms with E-state index in [0.717, 1.165) is 5.56 Å². The Morgan fingerprint density at radius 1 is 1.70 bits per heavy atom. The second-order valence-corrected chi connectivity index (χ2v) is 2.00. The van der Waals surface area contributed by atoms with E-state index in [9.17, 15) is 4.79 Å². The standard InChI is InChI=1S/C7H8NO2/c1-6-3-10-4-7(6)8(2)5-9/h3-5H,1H2,2H3. The number of anilines is 1. The Kier molecular flexibility index (Phi) is 1.76. The van der Waals surface area contributed by atoms with Crippen LogP contribution in [-0.2, 0) is 4.79 Å². The largest absolute Gasteiger partial charge is 0.470 e. The number of hydrogen-bond donors (Lipinski definition) is 0. The fourth-order valence-electron chi connectivity index (χ4n) is 0.683. The molecule has 3 heteroatoms. The molecular weight excluding hydrogens is 130 g/mol. The normalized spacial score (nSPS) is 9.40. The fourth-order valence-corrected chi connectivity index (χ4v) is 0.683. The van der Waals surface area contributed by atoms with Gasteiger partial charge in [-0.15, -0.1) is 0 Å². The highest BCUT2D eigenvalue weighted by Gasteiger charge is 2.03. The van der Waals surface area contributed by atoms with E-state index >= 15 is 0 Å². The molecule has 0 aliphatic rings. The van der Waals surface area contributed by atoms with Gasteiger partial charge in [-0.25, -0.2) is 0 Å². The molecule has 0 unspecified atom stereocenters. The summed E-state index contributed by atoms with van der Waals surface area (Å²) < 4.78 is 4.81. The number of rotatable bonds is 2. The fraction of sp³-hybridized carbons (Fsp3) is 0.143. The van der Waals surface area contributed by atoms with Gasteiger partial charge >= 0.3 is 0 Å². The molecule has 1 heterocycles. The van der Waals surface area contributed by atoms with Gasteiger partial charge in [-0.2, -0.15) is 0 Å². The van der Waals surface area contributed by atoms with Gasteiger partial charge in [0.25, 0.3) is 0 Å². The van der Waals surface area contributed by atoms with Gasteiger partial charge in [0.05, 0.1) is 12.0 Å². The Labute approximate surface area is 59.2 Å². The molecule has 1 rings (SSSR count). The van der Waals surface area contributed by atoms with E-state index in [4.69, 9.17) is 4.42 Å². The summed E-state index contributed by atoms with van der Waals surface area (Å²) in [6, 6.07) is 0. The second-order valence-electron chi connectivity index (χ2n) is 2.00. The first-order valence-corrected chi connectivity index (χ1v) is 2.82. The zero-order valence-corrected chi connectivity index (χ0v) is 5.70. The minimum absolute atomic E-state index is 0.704. The van der Waals surface area contributed by atoms with Gasteiger partial charge < -0.3 is 9.32 Å². The summed E-state index contributed by atoms with van der Waals surface area (Å²) in [5.74, 6) is 0. The van der Waals surface area contributed by atoms with Crippen LogP contribution in [-0.4, -0.2) is 13.5 Å². The number of carbonyl (C=O) groups excluding carboxylic acids is 1. The van der Waals surface area contributed by atoms with E-state index in [1.807, 2.05) is 0 Å². The minimum atomic E-state index is 0.704. The molecule has 0 aromatic carbocycles. The first-order valence-electron chi connectivity index (χ1n) is 2.82. The predicted molar refractivity (Wildman–Crippen MR) is 37.6 cm³/mol. The van der Waals surface area contributed by atoms with Crippen molar-refractivity contribution in [3.8, 4) is 0 Å². The van der Waals surface area contributed by atoms with E-state index in [1.54, 1.807) is 7.05 Å². The van der Waals surface area contributed by atoms with Crippen molar-refractivity contribution in [1.29, 1.82) is 0 Å². The molecule has 1 amide bonds. The van der Waals surface area contributed by atoms with Crippen molar-refractivity contribution < 1.29 is 9.21 Å². The van der Waals surface area contributed by atoms with E-state index in [0.29, 0.717) is 12.1 Å². The van der Waals surface area contributed by atoms with Crippen molar-refractivity contribution in [2.24, 2.45) is 0 Å². The predicted octanol–water partition coefficient (Wildman–Crippen LogP) is 1.05. The van der Waals surface area contributed by atoms with Crippen molar-refractivity contribution in [1.82, 2.24) is 0 Å². The molecule has 1 aromatic heterocycles. The quantitative estimate of drug-likeness (QED) is 0.572. The molecule has 53 valence electrons. The molecule has 0 fully saturated rings. The van der Waals surface area contributed by atoms with Crippen LogP contribution in [0.2, 0.25) is 0 Å². The molecule has 0 saturated carbocycles. The Balaban J connectivity index is 2.92. The lowest BCUT2D eigenvalue weighted by Gasteiger charge is -2.06. The molecular formula is C7H8NO2. The maximum atomic E-state index is 10.2. The van der Waals surface area contributed by atoms with Crippen molar-refractivity contribution in [2.45, 2.75) is 0 Å². The van der Waals surface area contributed by atoms with Gasteiger partial charge in [0.15, 0.2) is 0 Å². The van der Waals surface area contributed by atoms with Gasteiger partial charge in [0.2, 0.25) is 6.41 Å². The van der Waals surface area contributed by atoms with E-state index < -0.39 is 0 Å². The van der Waals surface area contributed by atoms with Crippen molar-refractivity contribution in [3.63, 3.8) is 0 Å². The van der Waals surface area contributed by atoms with Gasteiger partial charge in [0, 0.05) is 12.6 Å². The SMILES string of the molecule is [CH2]c1cocc1N(C)C=O. The lowest BCUT2D eigenvalue weighted by Crippen LogP contribution is -2.13. The lowest BCUT2D eigenvalue weighted by atomic mass is 10.3. The van der Waals surface area contributed by atoms with Gasteiger partial charge in [0.1, 0.15) is 6.26 Å².